The minimum absolute atomic E-state index is 0.320. The molecule has 18 heavy (non-hydrogen) atoms. The Hall–Kier alpha value is -1.02. The summed E-state index contributed by atoms with van der Waals surface area (Å²) in [7, 11) is 0. The number of hydrogen-bond donors (Lipinski definition) is 1. The number of ether oxygens (including phenoxy) is 1. The summed E-state index contributed by atoms with van der Waals surface area (Å²) in [6.45, 7) is 2.67. The van der Waals surface area contributed by atoms with Gasteiger partial charge >= 0.3 is 0 Å². The van der Waals surface area contributed by atoms with Gasteiger partial charge in [-0.1, -0.05) is 44.4 Å². The number of benzene rings is 1. The zero-order valence-corrected chi connectivity index (χ0v) is 11.2. The smallest absolute Gasteiger partial charge is 0.119 e. The van der Waals surface area contributed by atoms with E-state index in [0.29, 0.717) is 12.5 Å². The van der Waals surface area contributed by atoms with Crippen LogP contribution in [0.25, 0.3) is 0 Å². The highest BCUT2D eigenvalue weighted by Gasteiger charge is 2.26. The molecule has 100 valence electrons. The summed E-state index contributed by atoms with van der Waals surface area (Å²) in [6.07, 6.45) is 5.82. The fourth-order valence-electron chi connectivity index (χ4n) is 2.89. The molecule has 1 fully saturated rings. The van der Waals surface area contributed by atoms with E-state index in [0.717, 1.165) is 24.5 Å². The second-order valence-electron chi connectivity index (χ2n) is 5.39. The van der Waals surface area contributed by atoms with Crippen molar-refractivity contribution in [1.82, 2.24) is 0 Å². The van der Waals surface area contributed by atoms with E-state index in [-0.39, 0.29) is 6.10 Å². The van der Waals surface area contributed by atoms with Gasteiger partial charge in [-0.15, -0.1) is 0 Å². The first-order valence-corrected chi connectivity index (χ1v) is 7.15. The van der Waals surface area contributed by atoms with E-state index < -0.39 is 0 Å². The molecule has 2 nitrogen and oxygen atoms in total. The van der Waals surface area contributed by atoms with E-state index in [2.05, 4.69) is 6.92 Å². The normalized spacial score (nSPS) is 25.7. The van der Waals surface area contributed by atoms with E-state index in [4.69, 9.17) is 4.74 Å². The van der Waals surface area contributed by atoms with Crippen LogP contribution >= 0.6 is 0 Å². The van der Waals surface area contributed by atoms with Crippen molar-refractivity contribution in [2.24, 2.45) is 11.8 Å². The van der Waals surface area contributed by atoms with Crippen molar-refractivity contribution in [3.8, 4) is 5.75 Å². The van der Waals surface area contributed by atoms with Gasteiger partial charge in [0, 0.05) is 0 Å². The Morgan fingerprint density at radius 2 is 2.06 bits per heavy atom. The van der Waals surface area contributed by atoms with Gasteiger partial charge in [0.25, 0.3) is 0 Å². The highest BCUT2D eigenvalue weighted by molar-refractivity contribution is 5.20. The minimum atomic E-state index is -0.320. The molecule has 2 heteroatoms. The third-order valence-electron chi connectivity index (χ3n) is 4.11. The Morgan fingerprint density at radius 3 is 2.78 bits per heavy atom. The third-order valence-corrected chi connectivity index (χ3v) is 4.11. The predicted molar refractivity (Wildman–Crippen MR) is 73.7 cm³/mol. The van der Waals surface area contributed by atoms with Crippen LogP contribution in [-0.4, -0.2) is 17.8 Å². The zero-order chi connectivity index (χ0) is 12.8. The fourth-order valence-corrected chi connectivity index (χ4v) is 2.89. The second kappa shape index (κ2) is 6.79. The van der Waals surface area contributed by atoms with Gasteiger partial charge in [-0.05, 0) is 36.8 Å². The summed E-state index contributed by atoms with van der Waals surface area (Å²) in [4.78, 5) is 0. The molecule has 0 spiro atoms. The molecule has 0 aliphatic heterocycles. The average Bonchev–Trinajstić information content (AvgIpc) is 2.46. The highest BCUT2D eigenvalue weighted by atomic mass is 16.5. The van der Waals surface area contributed by atoms with E-state index in [9.17, 15) is 5.11 Å². The molecule has 1 aromatic rings. The molecule has 1 saturated carbocycles. The van der Waals surface area contributed by atoms with Crippen LogP contribution in [0.15, 0.2) is 30.3 Å². The van der Waals surface area contributed by atoms with Gasteiger partial charge in [-0.3, -0.25) is 0 Å². The molecule has 0 heterocycles. The molecule has 0 amide bonds. The van der Waals surface area contributed by atoms with E-state index >= 15 is 0 Å². The quantitative estimate of drug-likeness (QED) is 0.862. The monoisotopic (exact) mass is 248 g/mol. The Morgan fingerprint density at radius 1 is 1.28 bits per heavy atom. The lowest BCUT2D eigenvalue weighted by Gasteiger charge is -2.31. The van der Waals surface area contributed by atoms with Crippen LogP contribution in [0.1, 0.15) is 39.0 Å². The summed E-state index contributed by atoms with van der Waals surface area (Å²) in [5, 5.41) is 10.2. The lowest BCUT2D eigenvalue weighted by Crippen LogP contribution is -2.31. The number of aliphatic hydroxyl groups is 1. The summed E-state index contributed by atoms with van der Waals surface area (Å²) < 4.78 is 5.64. The third kappa shape index (κ3) is 3.74. The van der Waals surface area contributed by atoms with E-state index in [1.54, 1.807) is 0 Å². The van der Waals surface area contributed by atoms with Crippen LogP contribution in [0.4, 0.5) is 0 Å². The van der Waals surface area contributed by atoms with Crippen molar-refractivity contribution in [2.45, 2.75) is 45.1 Å². The van der Waals surface area contributed by atoms with Crippen LogP contribution in [0, 0.1) is 11.8 Å². The van der Waals surface area contributed by atoms with Gasteiger partial charge in [0.05, 0.1) is 6.10 Å². The first-order valence-electron chi connectivity index (χ1n) is 7.15. The summed E-state index contributed by atoms with van der Waals surface area (Å²) in [5.74, 6) is 2.07. The summed E-state index contributed by atoms with van der Waals surface area (Å²) in [6, 6.07) is 9.74. The Bertz CT molecular complexity index is 336. The molecular formula is C16H24O2. The number of aliphatic hydroxyl groups excluding tert-OH is 1. The molecule has 2 rings (SSSR count). The molecule has 1 aliphatic rings. The van der Waals surface area contributed by atoms with Gasteiger partial charge in [-0.25, -0.2) is 0 Å². The molecule has 0 radical (unpaired) electrons. The van der Waals surface area contributed by atoms with Crippen LogP contribution in [0.2, 0.25) is 0 Å². The first kappa shape index (κ1) is 13.4. The SMILES string of the molecule is CCC1CCCC(C(O)COc2ccccc2)C1. The topological polar surface area (TPSA) is 29.5 Å². The molecule has 3 atom stereocenters. The lowest BCUT2D eigenvalue weighted by atomic mass is 9.78. The van der Waals surface area contributed by atoms with Crippen molar-refractivity contribution in [2.75, 3.05) is 6.61 Å². The van der Waals surface area contributed by atoms with Crippen molar-refractivity contribution < 1.29 is 9.84 Å². The molecule has 0 saturated heterocycles. The highest BCUT2D eigenvalue weighted by Crippen LogP contribution is 2.33. The molecular weight excluding hydrogens is 224 g/mol. The molecule has 1 aromatic carbocycles. The molecule has 0 aromatic heterocycles. The maximum atomic E-state index is 10.2. The van der Waals surface area contributed by atoms with Gasteiger partial charge in [0.15, 0.2) is 0 Å². The summed E-state index contributed by atoms with van der Waals surface area (Å²) >= 11 is 0. The summed E-state index contributed by atoms with van der Waals surface area (Å²) in [5.41, 5.74) is 0. The second-order valence-corrected chi connectivity index (χ2v) is 5.39. The van der Waals surface area contributed by atoms with E-state index in [1.807, 2.05) is 30.3 Å². The predicted octanol–water partition coefficient (Wildman–Crippen LogP) is 3.64. The average molecular weight is 248 g/mol. The van der Waals surface area contributed by atoms with Crippen LogP contribution in [-0.2, 0) is 0 Å². The van der Waals surface area contributed by atoms with Crippen molar-refractivity contribution in [3.63, 3.8) is 0 Å². The van der Waals surface area contributed by atoms with Crippen molar-refractivity contribution in [1.29, 1.82) is 0 Å². The molecule has 1 aliphatic carbocycles. The fraction of sp³-hybridized carbons (Fsp3) is 0.625. The van der Waals surface area contributed by atoms with Crippen molar-refractivity contribution >= 4 is 0 Å². The van der Waals surface area contributed by atoms with Crippen LogP contribution in [0.3, 0.4) is 0 Å². The molecule has 3 unspecified atom stereocenters. The Balaban J connectivity index is 1.79. The number of rotatable bonds is 5. The van der Waals surface area contributed by atoms with Crippen LogP contribution < -0.4 is 4.74 Å². The van der Waals surface area contributed by atoms with Crippen molar-refractivity contribution in [3.05, 3.63) is 30.3 Å². The van der Waals surface area contributed by atoms with E-state index in [1.165, 1.54) is 19.3 Å². The Labute approximate surface area is 110 Å². The maximum Gasteiger partial charge on any atom is 0.119 e. The minimum Gasteiger partial charge on any atom is -0.491 e. The van der Waals surface area contributed by atoms with Gasteiger partial charge < -0.3 is 9.84 Å². The largest absolute Gasteiger partial charge is 0.491 e. The first-order chi connectivity index (χ1) is 8.79. The standard InChI is InChI=1S/C16H24O2/c1-2-13-7-6-8-14(11-13)16(17)12-18-15-9-4-3-5-10-15/h3-5,9-10,13-14,16-17H,2,6-8,11-12H2,1H3. The maximum absolute atomic E-state index is 10.2. The lowest BCUT2D eigenvalue weighted by molar-refractivity contribution is 0.0302. The van der Waals surface area contributed by atoms with Gasteiger partial charge in [-0.2, -0.15) is 0 Å². The van der Waals surface area contributed by atoms with Gasteiger partial charge in [0.2, 0.25) is 0 Å². The Kier molecular flexibility index (Phi) is 5.06. The molecule has 0 bridgehead atoms. The molecule has 1 N–H and O–H groups in total. The number of hydrogen-bond acceptors (Lipinski definition) is 2. The zero-order valence-electron chi connectivity index (χ0n) is 11.2. The van der Waals surface area contributed by atoms with Crippen LogP contribution in [0.5, 0.6) is 5.75 Å². The number of para-hydroxylation sites is 1. The van der Waals surface area contributed by atoms with Gasteiger partial charge in [0.1, 0.15) is 12.4 Å².